The number of alkyl carbamates (subject to hydrolysis) is 1. The third-order valence-electron chi connectivity index (χ3n) is 11.0. The van der Waals surface area contributed by atoms with Crippen molar-refractivity contribution in [3.8, 4) is 22.5 Å². The largest absolute Gasteiger partial charge is 0.444 e. The molecule has 1 saturated carbocycles. The third kappa shape index (κ3) is 13.6. The van der Waals surface area contributed by atoms with Crippen LogP contribution in [0, 0.1) is 12.8 Å². The van der Waals surface area contributed by atoms with Gasteiger partial charge in [0.15, 0.2) is 5.82 Å². The lowest BCUT2D eigenvalue weighted by Gasteiger charge is -2.33. The van der Waals surface area contributed by atoms with Gasteiger partial charge in [0, 0.05) is 54.5 Å². The Bertz CT molecular complexity index is 2330. The zero-order valence-corrected chi connectivity index (χ0v) is 38.4. The second kappa shape index (κ2) is 20.5. The van der Waals surface area contributed by atoms with Gasteiger partial charge in [-0.2, -0.15) is 10.1 Å². The van der Waals surface area contributed by atoms with E-state index in [1.54, 1.807) is 56.1 Å². The van der Waals surface area contributed by atoms with Crippen molar-refractivity contribution >= 4 is 47.2 Å². The first-order valence-corrected chi connectivity index (χ1v) is 22.1. The Morgan fingerprint density at radius 2 is 1.50 bits per heavy atom. The lowest BCUT2D eigenvalue weighted by Crippen LogP contribution is -2.47. The number of hydrogen-bond donors (Lipinski definition) is 5. The number of nitrogens with zero attached hydrogens (tertiary/aromatic N) is 3. The summed E-state index contributed by atoms with van der Waals surface area (Å²) in [6.07, 6.45) is 4.70. The van der Waals surface area contributed by atoms with Gasteiger partial charge in [-0.1, -0.05) is 35.9 Å². The minimum absolute atomic E-state index is 0.0486. The quantitative estimate of drug-likeness (QED) is 0.0981. The van der Waals surface area contributed by atoms with E-state index in [2.05, 4.69) is 36.4 Å². The number of carbonyl (C=O) groups excluding carboxylic acids is 5. The molecule has 340 valence electrons. The predicted octanol–water partition coefficient (Wildman–Crippen LogP) is 8.49. The molecule has 0 radical (unpaired) electrons. The van der Waals surface area contributed by atoms with E-state index in [1.165, 1.54) is 0 Å². The van der Waals surface area contributed by atoms with Gasteiger partial charge in [0.25, 0.3) is 5.91 Å². The SMILES string of the molecule is Cc1cc(C(=O)NC2CCN(C(=O)OC(C)(C)C)CC2)ccc1-c1ccc(C[C@H](NC(=O)C2CCC(=CNC(=O)OC(C)(C)C)CC2)C(=O)Nc2ccc(-c3n[nH]c(Cl)n3)cc2)cc1. The summed E-state index contributed by atoms with van der Waals surface area (Å²) in [5.41, 5.74) is 5.30. The van der Waals surface area contributed by atoms with Crippen molar-refractivity contribution in [2.24, 2.45) is 5.92 Å². The fourth-order valence-corrected chi connectivity index (χ4v) is 7.77. The van der Waals surface area contributed by atoms with Gasteiger partial charge in [0.2, 0.25) is 17.1 Å². The molecule has 15 nitrogen and oxygen atoms in total. The number of piperidine rings is 1. The number of amides is 5. The van der Waals surface area contributed by atoms with Gasteiger partial charge in [-0.3, -0.25) is 19.7 Å². The van der Waals surface area contributed by atoms with E-state index in [4.69, 9.17) is 21.1 Å². The zero-order valence-electron chi connectivity index (χ0n) is 37.6. The molecule has 64 heavy (non-hydrogen) atoms. The molecular formula is C48H59ClN8O7. The van der Waals surface area contributed by atoms with Crippen LogP contribution in [0.5, 0.6) is 0 Å². The smallest absolute Gasteiger partial charge is 0.411 e. The molecule has 4 aromatic rings. The topological polar surface area (TPSA) is 197 Å². The maximum absolute atomic E-state index is 13.9. The Kier molecular flexibility index (Phi) is 15.2. The average molecular weight is 896 g/mol. The summed E-state index contributed by atoms with van der Waals surface area (Å²) in [5.74, 6) is -0.636. The summed E-state index contributed by atoms with van der Waals surface area (Å²) < 4.78 is 10.8. The van der Waals surface area contributed by atoms with E-state index in [1.807, 2.05) is 70.2 Å². The maximum atomic E-state index is 13.9. The lowest BCUT2D eigenvalue weighted by molar-refractivity contribution is -0.129. The Balaban J connectivity index is 1.09. The molecule has 1 aliphatic carbocycles. The number of H-pyrrole nitrogens is 1. The highest BCUT2D eigenvalue weighted by Crippen LogP contribution is 2.29. The first-order valence-electron chi connectivity index (χ1n) is 21.7. The number of halogens is 1. The number of allylic oxidation sites excluding steroid dienone is 1. The van der Waals surface area contributed by atoms with E-state index in [-0.39, 0.29) is 47.5 Å². The molecule has 1 saturated heterocycles. The highest BCUT2D eigenvalue weighted by molar-refractivity contribution is 6.28. The number of hydrogen-bond acceptors (Lipinski definition) is 9. The van der Waals surface area contributed by atoms with Crippen LogP contribution in [0.3, 0.4) is 0 Å². The van der Waals surface area contributed by atoms with Crippen molar-refractivity contribution in [2.45, 2.75) is 117 Å². The number of likely N-dealkylation sites (tertiary alicyclic amines) is 1. The fourth-order valence-electron chi connectivity index (χ4n) is 7.65. The second-order valence-electron chi connectivity index (χ2n) is 18.4. The van der Waals surface area contributed by atoms with Crippen molar-refractivity contribution in [3.63, 3.8) is 0 Å². The number of rotatable bonds is 11. The molecule has 6 rings (SSSR count). The minimum atomic E-state index is -0.889. The van der Waals surface area contributed by atoms with Crippen LogP contribution >= 0.6 is 11.6 Å². The third-order valence-corrected chi connectivity index (χ3v) is 11.1. The second-order valence-corrected chi connectivity index (χ2v) is 18.8. The number of carbonyl (C=O) groups is 5. The maximum Gasteiger partial charge on any atom is 0.411 e. The van der Waals surface area contributed by atoms with E-state index in [0.29, 0.717) is 74.3 Å². The summed E-state index contributed by atoms with van der Waals surface area (Å²) >= 11 is 5.90. The lowest BCUT2D eigenvalue weighted by atomic mass is 9.85. The van der Waals surface area contributed by atoms with Crippen molar-refractivity contribution in [1.29, 1.82) is 0 Å². The molecule has 16 heteroatoms. The van der Waals surface area contributed by atoms with Crippen LogP contribution in [0.2, 0.25) is 5.28 Å². The van der Waals surface area contributed by atoms with Gasteiger partial charge in [0.1, 0.15) is 17.2 Å². The van der Waals surface area contributed by atoms with Crippen LogP contribution in [-0.2, 0) is 25.5 Å². The molecular weight excluding hydrogens is 836 g/mol. The summed E-state index contributed by atoms with van der Waals surface area (Å²) in [5, 5.41) is 18.7. The molecule has 2 aliphatic rings. The molecule has 2 fully saturated rings. The van der Waals surface area contributed by atoms with E-state index in [9.17, 15) is 24.0 Å². The molecule has 1 aromatic heterocycles. The zero-order chi connectivity index (χ0) is 46.2. The van der Waals surface area contributed by atoms with Gasteiger partial charge in [-0.25, -0.2) is 14.7 Å². The Morgan fingerprint density at radius 1 is 0.859 bits per heavy atom. The van der Waals surface area contributed by atoms with Crippen LogP contribution in [-0.4, -0.2) is 86.4 Å². The number of aromatic amines is 1. The molecule has 1 aliphatic heterocycles. The van der Waals surface area contributed by atoms with Crippen LogP contribution in [0.1, 0.15) is 102 Å². The number of nitrogens with one attached hydrogen (secondary N) is 5. The highest BCUT2D eigenvalue weighted by Gasteiger charge is 2.30. The first kappa shape index (κ1) is 47.3. The van der Waals surface area contributed by atoms with E-state index in [0.717, 1.165) is 27.8 Å². The molecule has 2 heterocycles. The summed E-state index contributed by atoms with van der Waals surface area (Å²) in [7, 11) is 0. The van der Waals surface area contributed by atoms with Gasteiger partial charge in [0.05, 0.1) is 0 Å². The first-order chi connectivity index (χ1) is 30.3. The Morgan fingerprint density at radius 3 is 2.09 bits per heavy atom. The molecule has 5 amide bonds. The average Bonchev–Trinajstić information content (AvgIpc) is 3.68. The van der Waals surface area contributed by atoms with Crippen LogP contribution in [0.15, 0.2) is 78.5 Å². The monoisotopic (exact) mass is 894 g/mol. The molecule has 3 aromatic carbocycles. The number of aryl methyl sites for hydroxylation is 1. The Hall–Kier alpha value is -6.22. The number of anilines is 1. The minimum Gasteiger partial charge on any atom is -0.444 e. The van der Waals surface area contributed by atoms with Gasteiger partial charge in [-0.15, -0.1) is 0 Å². The van der Waals surface area contributed by atoms with E-state index < -0.39 is 23.3 Å². The number of ether oxygens (including phenoxy) is 2. The van der Waals surface area contributed by atoms with E-state index >= 15 is 0 Å². The van der Waals surface area contributed by atoms with Gasteiger partial charge >= 0.3 is 12.2 Å². The van der Waals surface area contributed by atoms with Crippen LogP contribution in [0.4, 0.5) is 15.3 Å². The molecule has 0 spiro atoms. The van der Waals surface area contributed by atoms with Crippen LogP contribution < -0.4 is 21.3 Å². The Labute approximate surface area is 379 Å². The van der Waals surface area contributed by atoms with Gasteiger partial charge in [-0.05, 0) is 157 Å². The number of benzene rings is 3. The fraction of sp³-hybridized carbons (Fsp3) is 0.438. The molecule has 0 unspecified atom stereocenters. The summed E-state index contributed by atoms with van der Waals surface area (Å²) in [4.78, 5) is 71.4. The molecule has 1 atom stereocenters. The number of aromatic nitrogens is 3. The summed E-state index contributed by atoms with van der Waals surface area (Å²) in [6, 6.07) is 19.5. The van der Waals surface area contributed by atoms with Gasteiger partial charge < -0.3 is 30.3 Å². The standard InChI is InChI=1S/C48H59ClN8O7/c1-29-26-35(42(59)51-37-22-24-57(25-23-37)46(62)64-48(5,6)7)18-21-38(29)32-12-8-30(9-13-32)27-39(43(60)52-36-19-16-33(17-20-36)40-54-44(49)56-55-40)53-41(58)34-14-10-31(11-15-34)28-50-45(61)63-47(2,3)4/h8-9,12-13,16-21,26,28,34,37,39H,10-11,14-15,22-25,27H2,1-7H3,(H,50,61)(H,51,59)(H,52,60)(H,53,58)(H,54,55,56)/t34?,39-/m0/s1. The summed E-state index contributed by atoms with van der Waals surface area (Å²) in [6.45, 7) is 13.9. The normalized spacial score (nSPS) is 16.3. The molecule has 0 bridgehead atoms. The predicted molar refractivity (Wildman–Crippen MR) is 245 cm³/mol. The van der Waals surface area contributed by atoms with Crippen molar-refractivity contribution < 1.29 is 33.4 Å². The van der Waals surface area contributed by atoms with Crippen molar-refractivity contribution in [1.82, 2.24) is 36.0 Å². The molecule has 5 N–H and O–H groups in total. The van der Waals surface area contributed by atoms with Crippen molar-refractivity contribution in [3.05, 3.63) is 100 Å². The highest BCUT2D eigenvalue weighted by atomic mass is 35.5. The van der Waals surface area contributed by atoms with Crippen molar-refractivity contribution in [2.75, 3.05) is 18.4 Å². The van der Waals surface area contributed by atoms with Crippen LogP contribution in [0.25, 0.3) is 22.5 Å².